The molecule has 1 aromatic heterocycles. The summed E-state index contributed by atoms with van der Waals surface area (Å²) in [6.07, 6.45) is 3.79. The number of carbonyl (C=O) groups is 2. The summed E-state index contributed by atoms with van der Waals surface area (Å²) < 4.78 is 1.84. The van der Waals surface area contributed by atoms with Gasteiger partial charge in [0.25, 0.3) is 5.91 Å². The van der Waals surface area contributed by atoms with Crippen LogP contribution in [0.15, 0.2) is 12.3 Å². The average molecular weight is 257 g/mol. The molecule has 0 aromatic carbocycles. The van der Waals surface area contributed by atoms with E-state index in [9.17, 15) is 9.59 Å². The summed E-state index contributed by atoms with van der Waals surface area (Å²) >= 11 is 5.88. The zero-order valence-electron chi connectivity index (χ0n) is 9.39. The molecule has 0 atom stereocenters. The van der Waals surface area contributed by atoms with Gasteiger partial charge in [-0.05, 0) is 18.9 Å². The van der Waals surface area contributed by atoms with Crippen molar-refractivity contribution in [2.24, 2.45) is 0 Å². The first-order valence-electron chi connectivity index (χ1n) is 5.33. The molecule has 0 bridgehead atoms. The molecule has 1 fully saturated rings. The molecule has 6 heteroatoms. The van der Waals surface area contributed by atoms with E-state index in [4.69, 9.17) is 16.7 Å². The summed E-state index contributed by atoms with van der Waals surface area (Å²) in [6, 6.07) is 1.92. The zero-order chi connectivity index (χ0) is 12.6. The van der Waals surface area contributed by atoms with Crippen LogP contribution in [0.25, 0.3) is 0 Å². The Hall–Kier alpha value is -1.49. The van der Waals surface area contributed by atoms with Crippen LogP contribution in [-0.2, 0) is 4.79 Å². The molecule has 1 heterocycles. The van der Waals surface area contributed by atoms with E-state index in [2.05, 4.69) is 0 Å². The van der Waals surface area contributed by atoms with Gasteiger partial charge in [-0.3, -0.25) is 9.59 Å². The van der Waals surface area contributed by atoms with Gasteiger partial charge >= 0.3 is 5.97 Å². The minimum atomic E-state index is -1.03. The third-order valence-corrected chi connectivity index (χ3v) is 2.90. The maximum absolute atomic E-state index is 12.0. The van der Waals surface area contributed by atoms with Crippen molar-refractivity contribution >= 4 is 23.5 Å². The summed E-state index contributed by atoms with van der Waals surface area (Å²) in [7, 11) is 1.47. The minimum absolute atomic E-state index is 0.313. The number of carbonyl (C=O) groups excluding carboxylic acids is 1. The van der Waals surface area contributed by atoms with Crippen molar-refractivity contribution in [3.63, 3.8) is 0 Å². The van der Waals surface area contributed by atoms with Crippen LogP contribution in [-0.4, -0.2) is 40.0 Å². The summed E-state index contributed by atoms with van der Waals surface area (Å²) in [5.41, 5.74) is 0.459. The Morgan fingerprint density at radius 2 is 2.24 bits per heavy atom. The lowest BCUT2D eigenvalue weighted by Gasteiger charge is -2.15. The quantitative estimate of drug-likeness (QED) is 0.891. The van der Waals surface area contributed by atoms with Crippen LogP contribution in [0.5, 0.6) is 0 Å². The largest absolute Gasteiger partial charge is 0.480 e. The normalized spacial score (nSPS) is 14.7. The number of carboxylic acid groups (broad SMARTS) is 1. The highest BCUT2D eigenvalue weighted by atomic mass is 35.5. The number of hydrogen-bond donors (Lipinski definition) is 1. The second-order valence-electron chi connectivity index (χ2n) is 4.24. The van der Waals surface area contributed by atoms with Crippen molar-refractivity contribution in [3.8, 4) is 0 Å². The average Bonchev–Trinajstić information content (AvgIpc) is 3.00. The molecule has 92 valence electrons. The second kappa shape index (κ2) is 4.41. The minimum Gasteiger partial charge on any atom is -0.480 e. The predicted octanol–water partition coefficient (Wildman–Crippen LogP) is 1.63. The fourth-order valence-electron chi connectivity index (χ4n) is 1.74. The van der Waals surface area contributed by atoms with Crippen molar-refractivity contribution in [2.75, 3.05) is 13.6 Å². The number of nitrogens with zero attached hydrogens (tertiary/aromatic N) is 2. The maximum atomic E-state index is 12.0. The molecule has 1 aromatic rings. The van der Waals surface area contributed by atoms with E-state index in [0.29, 0.717) is 16.8 Å². The maximum Gasteiger partial charge on any atom is 0.323 e. The molecule has 0 saturated heterocycles. The highest BCUT2D eigenvalue weighted by Gasteiger charge is 2.29. The third-order valence-electron chi connectivity index (χ3n) is 2.69. The molecule has 1 amide bonds. The van der Waals surface area contributed by atoms with E-state index in [1.807, 2.05) is 4.57 Å². The summed E-state index contributed by atoms with van der Waals surface area (Å²) in [4.78, 5) is 23.8. The SMILES string of the molecule is CN(CC(=O)O)C(=O)c1cc(Cl)cn1C1CC1. The Kier molecular flexibility index (Phi) is 3.11. The van der Waals surface area contributed by atoms with E-state index in [-0.39, 0.29) is 12.5 Å². The lowest BCUT2D eigenvalue weighted by atomic mass is 10.3. The Balaban J connectivity index is 2.20. The van der Waals surface area contributed by atoms with E-state index < -0.39 is 5.97 Å². The predicted molar refractivity (Wildman–Crippen MR) is 62.3 cm³/mol. The van der Waals surface area contributed by atoms with Crippen LogP contribution in [0.1, 0.15) is 29.4 Å². The van der Waals surface area contributed by atoms with Crippen LogP contribution in [0, 0.1) is 0 Å². The number of halogens is 1. The van der Waals surface area contributed by atoms with Crippen LogP contribution < -0.4 is 0 Å². The molecule has 17 heavy (non-hydrogen) atoms. The fraction of sp³-hybridized carbons (Fsp3) is 0.455. The van der Waals surface area contributed by atoms with Gasteiger partial charge in [0.1, 0.15) is 12.2 Å². The lowest BCUT2D eigenvalue weighted by Crippen LogP contribution is -2.33. The highest BCUT2D eigenvalue weighted by Crippen LogP contribution is 2.37. The highest BCUT2D eigenvalue weighted by molar-refractivity contribution is 6.31. The Morgan fingerprint density at radius 1 is 1.59 bits per heavy atom. The van der Waals surface area contributed by atoms with Crippen LogP contribution in [0.4, 0.5) is 0 Å². The van der Waals surface area contributed by atoms with Gasteiger partial charge < -0.3 is 14.6 Å². The van der Waals surface area contributed by atoms with Gasteiger partial charge in [0.2, 0.25) is 0 Å². The van der Waals surface area contributed by atoms with E-state index in [1.54, 1.807) is 12.3 Å². The van der Waals surface area contributed by atoms with Gasteiger partial charge in [-0.25, -0.2) is 0 Å². The van der Waals surface area contributed by atoms with Gasteiger partial charge in [-0.2, -0.15) is 0 Å². The molecule has 1 saturated carbocycles. The van der Waals surface area contributed by atoms with Crippen molar-refractivity contribution in [1.29, 1.82) is 0 Å². The van der Waals surface area contributed by atoms with E-state index >= 15 is 0 Å². The molecule has 0 unspecified atom stereocenters. The Labute approximate surface area is 104 Å². The van der Waals surface area contributed by atoms with Crippen LogP contribution >= 0.6 is 11.6 Å². The van der Waals surface area contributed by atoms with Gasteiger partial charge in [0.05, 0.1) is 5.02 Å². The molecule has 1 N–H and O–H groups in total. The lowest BCUT2D eigenvalue weighted by molar-refractivity contribution is -0.137. The summed E-state index contributed by atoms with van der Waals surface area (Å²) in [5, 5.41) is 9.15. The molecular formula is C11H13ClN2O3. The molecule has 0 radical (unpaired) electrons. The number of carboxylic acids is 1. The second-order valence-corrected chi connectivity index (χ2v) is 4.67. The molecule has 5 nitrogen and oxygen atoms in total. The van der Waals surface area contributed by atoms with Gasteiger partial charge in [0.15, 0.2) is 0 Å². The third kappa shape index (κ3) is 2.61. The standard InChI is InChI=1S/C11H13ClN2O3/c1-13(6-10(15)16)11(17)9-4-7(12)5-14(9)8-2-3-8/h4-5,8H,2-3,6H2,1H3,(H,15,16). The van der Waals surface area contributed by atoms with Crippen molar-refractivity contribution in [2.45, 2.75) is 18.9 Å². The van der Waals surface area contributed by atoms with Gasteiger partial charge in [-0.1, -0.05) is 11.6 Å². The summed E-state index contributed by atoms with van der Waals surface area (Å²) in [6.45, 7) is -0.313. The monoisotopic (exact) mass is 256 g/mol. The van der Waals surface area contributed by atoms with Gasteiger partial charge in [0, 0.05) is 19.3 Å². The number of rotatable bonds is 4. The fourth-order valence-corrected chi connectivity index (χ4v) is 1.95. The summed E-state index contributed by atoms with van der Waals surface area (Å²) in [5.74, 6) is -1.34. The number of aliphatic carboxylic acids is 1. The smallest absolute Gasteiger partial charge is 0.323 e. The first kappa shape index (κ1) is 12.0. The van der Waals surface area contributed by atoms with Crippen molar-refractivity contribution < 1.29 is 14.7 Å². The van der Waals surface area contributed by atoms with Crippen molar-refractivity contribution in [1.82, 2.24) is 9.47 Å². The molecule has 1 aliphatic carbocycles. The molecular weight excluding hydrogens is 244 g/mol. The first-order chi connectivity index (χ1) is 7.99. The first-order valence-corrected chi connectivity index (χ1v) is 5.71. The van der Waals surface area contributed by atoms with Gasteiger partial charge in [-0.15, -0.1) is 0 Å². The van der Waals surface area contributed by atoms with E-state index in [0.717, 1.165) is 12.8 Å². The van der Waals surface area contributed by atoms with E-state index in [1.165, 1.54) is 11.9 Å². The molecule has 1 aliphatic rings. The number of likely N-dealkylation sites (N-methyl/N-ethyl adjacent to an activating group) is 1. The van der Waals surface area contributed by atoms with Crippen molar-refractivity contribution in [3.05, 3.63) is 23.0 Å². The molecule has 2 rings (SSSR count). The number of amides is 1. The molecule has 0 aliphatic heterocycles. The molecule has 0 spiro atoms. The number of hydrogen-bond acceptors (Lipinski definition) is 2. The Bertz CT molecular complexity index is 465. The Morgan fingerprint density at radius 3 is 2.76 bits per heavy atom. The zero-order valence-corrected chi connectivity index (χ0v) is 10.1. The number of aromatic nitrogens is 1. The topological polar surface area (TPSA) is 62.5 Å². The van der Waals surface area contributed by atoms with Crippen LogP contribution in [0.3, 0.4) is 0 Å². The van der Waals surface area contributed by atoms with Crippen LogP contribution in [0.2, 0.25) is 5.02 Å².